The average molecular weight is 433 g/mol. The number of amides is 1. The standard InChI is InChI=1S/C22H28N2O5S/c1-4-29-20-11-9-17(14-21(20)28-3)22(25)23-19-15-18(10-8-16(19)2)30(26,27)24-12-6-5-7-13-24/h8-11,14-15H,4-7,12-13H2,1-3H3,(H,23,25). The van der Waals surface area contributed by atoms with Gasteiger partial charge in [0.2, 0.25) is 10.0 Å². The predicted molar refractivity (Wildman–Crippen MR) is 116 cm³/mol. The van der Waals surface area contributed by atoms with Crippen LogP contribution in [0.1, 0.15) is 42.1 Å². The van der Waals surface area contributed by atoms with Gasteiger partial charge in [-0.15, -0.1) is 0 Å². The molecule has 0 unspecified atom stereocenters. The van der Waals surface area contributed by atoms with E-state index in [0.29, 0.717) is 42.4 Å². The number of benzene rings is 2. The van der Waals surface area contributed by atoms with Gasteiger partial charge in [0.05, 0.1) is 18.6 Å². The number of sulfonamides is 1. The molecule has 1 amide bonds. The van der Waals surface area contributed by atoms with Crippen LogP contribution in [-0.4, -0.2) is 45.4 Å². The summed E-state index contributed by atoms with van der Waals surface area (Å²) < 4.78 is 38.2. The fraction of sp³-hybridized carbons (Fsp3) is 0.409. The number of piperidine rings is 1. The Kier molecular flexibility index (Phi) is 6.99. The average Bonchev–Trinajstić information content (AvgIpc) is 2.76. The molecule has 8 heteroatoms. The summed E-state index contributed by atoms with van der Waals surface area (Å²) in [5.41, 5.74) is 1.63. The van der Waals surface area contributed by atoms with Crippen molar-refractivity contribution in [3.05, 3.63) is 47.5 Å². The fourth-order valence-electron chi connectivity index (χ4n) is 3.43. The lowest BCUT2D eigenvalue weighted by molar-refractivity contribution is 0.102. The summed E-state index contributed by atoms with van der Waals surface area (Å²) in [4.78, 5) is 13.0. The second kappa shape index (κ2) is 9.49. The summed E-state index contributed by atoms with van der Waals surface area (Å²) in [5.74, 6) is 0.664. The van der Waals surface area contributed by atoms with E-state index in [2.05, 4.69) is 5.32 Å². The maximum Gasteiger partial charge on any atom is 0.255 e. The number of anilines is 1. The van der Waals surface area contributed by atoms with Crippen LogP contribution in [0.2, 0.25) is 0 Å². The lowest BCUT2D eigenvalue weighted by Crippen LogP contribution is -2.35. The highest BCUT2D eigenvalue weighted by atomic mass is 32.2. The number of methoxy groups -OCH3 is 1. The van der Waals surface area contributed by atoms with Crippen molar-refractivity contribution in [2.45, 2.75) is 38.0 Å². The van der Waals surface area contributed by atoms with Crippen molar-refractivity contribution in [3.63, 3.8) is 0 Å². The maximum absolute atomic E-state index is 13.0. The molecule has 1 heterocycles. The number of hydrogen-bond acceptors (Lipinski definition) is 5. The van der Waals surface area contributed by atoms with Crippen LogP contribution in [0.5, 0.6) is 11.5 Å². The highest BCUT2D eigenvalue weighted by Crippen LogP contribution is 2.29. The number of aryl methyl sites for hydroxylation is 1. The first-order valence-corrected chi connectivity index (χ1v) is 11.5. The van der Waals surface area contributed by atoms with E-state index in [1.165, 1.54) is 17.5 Å². The number of carbonyl (C=O) groups excluding carboxylic acids is 1. The van der Waals surface area contributed by atoms with Gasteiger partial charge < -0.3 is 14.8 Å². The third kappa shape index (κ3) is 4.76. The molecule has 1 N–H and O–H groups in total. The topological polar surface area (TPSA) is 84.9 Å². The minimum absolute atomic E-state index is 0.189. The Morgan fingerprint density at radius 2 is 1.80 bits per heavy atom. The van der Waals surface area contributed by atoms with Crippen molar-refractivity contribution in [3.8, 4) is 11.5 Å². The summed E-state index contributed by atoms with van der Waals surface area (Å²) in [5, 5.41) is 2.83. The molecule has 0 bridgehead atoms. The normalized spacial score (nSPS) is 14.9. The van der Waals surface area contributed by atoms with Crippen molar-refractivity contribution in [1.82, 2.24) is 4.31 Å². The SMILES string of the molecule is CCOc1ccc(C(=O)Nc2cc(S(=O)(=O)N3CCCCC3)ccc2C)cc1OC. The van der Waals surface area contributed by atoms with Crippen molar-refractivity contribution in [2.24, 2.45) is 0 Å². The smallest absolute Gasteiger partial charge is 0.255 e. The third-order valence-corrected chi connectivity index (χ3v) is 7.03. The van der Waals surface area contributed by atoms with Crippen LogP contribution in [0.25, 0.3) is 0 Å². The van der Waals surface area contributed by atoms with Gasteiger partial charge in [-0.25, -0.2) is 8.42 Å². The van der Waals surface area contributed by atoms with Gasteiger partial charge >= 0.3 is 0 Å². The van der Waals surface area contributed by atoms with Gasteiger partial charge in [0.25, 0.3) is 5.91 Å². The molecule has 7 nitrogen and oxygen atoms in total. The van der Waals surface area contributed by atoms with Crippen molar-refractivity contribution >= 4 is 21.6 Å². The molecule has 0 spiro atoms. The van der Waals surface area contributed by atoms with Crippen LogP contribution in [0, 0.1) is 6.92 Å². The molecule has 162 valence electrons. The first-order valence-electron chi connectivity index (χ1n) is 10.1. The van der Waals surface area contributed by atoms with Crippen LogP contribution in [0.3, 0.4) is 0 Å². The zero-order chi connectivity index (χ0) is 21.7. The third-order valence-electron chi connectivity index (χ3n) is 5.14. The Morgan fingerprint density at radius 3 is 2.47 bits per heavy atom. The van der Waals surface area contributed by atoms with Crippen LogP contribution in [0.15, 0.2) is 41.3 Å². The summed E-state index contributed by atoms with van der Waals surface area (Å²) in [6.45, 7) is 5.24. The predicted octanol–water partition coefficient (Wildman–Crippen LogP) is 3.83. The molecule has 0 radical (unpaired) electrons. The number of nitrogens with one attached hydrogen (secondary N) is 1. The van der Waals surface area contributed by atoms with Crippen LogP contribution in [-0.2, 0) is 10.0 Å². The number of rotatable bonds is 7. The van der Waals surface area contributed by atoms with Gasteiger partial charge in [-0.05, 0) is 62.6 Å². The Balaban J connectivity index is 1.84. The molecule has 2 aromatic rings. The molecule has 1 fully saturated rings. The Hall–Kier alpha value is -2.58. The minimum atomic E-state index is -3.58. The van der Waals surface area contributed by atoms with Crippen molar-refractivity contribution < 1.29 is 22.7 Å². The van der Waals surface area contributed by atoms with E-state index >= 15 is 0 Å². The van der Waals surface area contributed by atoms with E-state index in [-0.39, 0.29) is 10.8 Å². The zero-order valence-corrected chi connectivity index (χ0v) is 18.4. The van der Waals surface area contributed by atoms with Crippen LogP contribution in [0.4, 0.5) is 5.69 Å². The minimum Gasteiger partial charge on any atom is -0.493 e. The molecule has 3 rings (SSSR count). The number of ether oxygens (including phenoxy) is 2. The van der Waals surface area contributed by atoms with E-state index in [4.69, 9.17) is 9.47 Å². The van der Waals surface area contributed by atoms with Crippen molar-refractivity contribution in [2.75, 3.05) is 32.1 Å². The molecule has 0 aliphatic carbocycles. The molecule has 1 aliphatic heterocycles. The van der Waals surface area contributed by atoms with Gasteiger partial charge in [-0.2, -0.15) is 4.31 Å². The van der Waals surface area contributed by atoms with E-state index in [1.807, 2.05) is 13.8 Å². The maximum atomic E-state index is 13.0. The number of carbonyl (C=O) groups is 1. The highest BCUT2D eigenvalue weighted by Gasteiger charge is 2.26. The first kappa shape index (κ1) is 22.1. The van der Waals surface area contributed by atoms with Gasteiger partial charge in [0.1, 0.15) is 0 Å². The molecule has 0 atom stereocenters. The largest absolute Gasteiger partial charge is 0.493 e. The van der Waals surface area contributed by atoms with E-state index in [0.717, 1.165) is 24.8 Å². The van der Waals surface area contributed by atoms with Gasteiger partial charge in [0, 0.05) is 24.3 Å². The van der Waals surface area contributed by atoms with Gasteiger partial charge in [-0.1, -0.05) is 12.5 Å². The molecular formula is C22H28N2O5S. The molecule has 0 saturated carbocycles. The molecule has 0 aromatic heterocycles. The zero-order valence-electron chi connectivity index (χ0n) is 17.6. The Bertz CT molecular complexity index is 1010. The summed E-state index contributed by atoms with van der Waals surface area (Å²) in [6, 6.07) is 9.76. The summed E-state index contributed by atoms with van der Waals surface area (Å²) >= 11 is 0. The molecular weight excluding hydrogens is 404 g/mol. The van der Waals surface area contributed by atoms with Crippen LogP contribution < -0.4 is 14.8 Å². The number of nitrogens with zero attached hydrogens (tertiary/aromatic N) is 1. The van der Waals surface area contributed by atoms with Gasteiger partial charge in [-0.3, -0.25) is 4.79 Å². The molecule has 1 aliphatic rings. The molecule has 30 heavy (non-hydrogen) atoms. The second-order valence-electron chi connectivity index (χ2n) is 7.19. The quantitative estimate of drug-likeness (QED) is 0.719. The van der Waals surface area contributed by atoms with Crippen LogP contribution >= 0.6 is 0 Å². The fourth-order valence-corrected chi connectivity index (χ4v) is 4.97. The molecule has 2 aromatic carbocycles. The summed E-state index contributed by atoms with van der Waals surface area (Å²) in [6.07, 6.45) is 2.79. The second-order valence-corrected chi connectivity index (χ2v) is 9.13. The highest BCUT2D eigenvalue weighted by molar-refractivity contribution is 7.89. The lowest BCUT2D eigenvalue weighted by Gasteiger charge is -2.26. The van der Waals surface area contributed by atoms with E-state index in [1.54, 1.807) is 30.3 Å². The summed E-state index contributed by atoms with van der Waals surface area (Å²) in [7, 11) is -2.07. The van der Waals surface area contributed by atoms with Crippen molar-refractivity contribution in [1.29, 1.82) is 0 Å². The first-order chi connectivity index (χ1) is 14.4. The van der Waals surface area contributed by atoms with E-state index < -0.39 is 10.0 Å². The van der Waals surface area contributed by atoms with Gasteiger partial charge in [0.15, 0.2) is 11.5 Å². The monoisotopic (exact) mass is 432 g/mol. The Morgan fingerprint density at radius 1 is 1.07 bits per heavy atom. The van der Waals surface area contributed by atoms with E-state index in [9.17, 15) is 13.2 Å². The Labute approximate surface area is 178 Å². The molecule has 1 saturated heterocycles. The lowest BCUT2D eigenvalue weighted by atomic mass is 10.1. The number of hydrogen-bond donors (Lipinski definition) is 1.